The van der Waals surface area contributed by atoms with Crippen LogP contribution < -0.4 is 5.32 Å². The maximum Gasteiger partial charge on any atom is 0.341 e. The number of aryl methyl sites for hydroxylation is 2. The van der Waals surface area contributed by atoms with Gasteiger partial charge in [0.05, 0.1) is 23.9 Å². The predicted molar refractivity (Wildman–Crippen MR) is 158 cm³/mol. The maximum atomic E-state index is 13.3. The Kier molecular flexibility index (Phi) is 8.35. The Morgan fingerprint density at radius 1 is 1.07 bits per heavy atom. The van der Waals surface area contributed by atoms with Crippen molar-refractivity contribution in [3.8, 4) is 11.4 Å². The number of thiophene rings is 1. The van der Waals surface area contributed by atoms with E-state index >= 15 is 0 Å². The van der Waals surface area contributed by atoms with E-state index in [0.717, 1.165) is 46.1 Å². The summed E-state index contributed by atoms with van der Waals surface area (Å²) in [7, 11) is 1.34. The van der Waals surface area contributed by atoms with Crippen molar-refractivity contribution in [1.29, 1.82) is 0 Å². The Bertz CT molecular complexity index is 1550. The topological polar surface area (TPSA) is 110 Å². The number of carbonyl (C=O) groups excluding carboxylic acids is 3. The number of rotatable bonds is 8. The van der Waals surface area contributed by atoms with Crippen LogP contribution in [0.5, 0.6) is 0 Å². The van der Waals surface area contributed by atoms with E-state index in [4.69, 9.17) is 9.47 Å². The number of aromatic amines is 1. The van der Waals surface area contributed by atoms with Crippen LogP contribution in [-0.2, 0) is 27.1 Å². The first-order chi connectivity index (χ1) is 19.8. The average Bonchev–Trinajstić information content (AvgIpc) is 3.53. The molecule has 8 nitrogen and oxygen atoms in total. The van der Waals surface area contributed by atoms with Gasteiger partial charge < -0.3 is 19.8 Å². The molecule has 0 saturated carbocycles. The van der Waals surface area contributed by atoms with Gasteiger partial charge in [-0.2, -0.15) is 0 Å². The molecule has 2 aromatic heterocycles. The molecular formula is C32H33N3O5S. The normalized spacial score (nSPS) is 15.1. The summed E-state index contributed by atoms with van der Waals surface area (Å²) in [5.74, 6) is -0.506. The first-order valence-corrected chi connectivity index (χ1v) is 14.5. The number of ether oxygens (including phenoxy) is 2. The van der Waals surface area contributed by atoms with E-state index in [-0.39, 0.29) is 6.42 Å². The standard InChI is InChI=1S/C32H33N3O5S/c1-5-25(40-31(37)22-13-11-21(12-14-22)28-33-18(2)19(3)34-28)29(36)35-30-27(32(38)39-4)24-16-15-23(17-26(24)41-30)20-9-7-6-8-10-20/h6-14,23,25H,5,15-17H2,1-4H3,(H,33,34)(H,35,36). The van der Waals surface area contributed by atoms with E-state index in [2.05, 4.69) is 27.4 Å². The molecule has 1 aliphatic rings. The molecule has 1 aliphatic carbocycles. The summed E-state index contributed by atoms with van der Waals surface area (Å²) in [6, 6.07) is 17.2. The number of esters is 2. The van der Waals surface area contributed by atoms with Crippen molar-refractivity contribution in [2.75, 3.05) is 12.4 Å². The molecule has 0 radical (unpaired) electrons. The Hall–Kier alpha value is -4.24. The number of nitrogens with zero attached hydrogens (tertiary/aromatic N) is 1. The zero-order valence-electron chi connectivity index (χ0n) is 23.6. The molecule has 9 heteroatoms. The second-order valence-electron chi connectivity index (χ2n) is 10.2. The van der Waals surface area contributed by atoms with Crippen molar-refractivity contribution in [2.45, 2.75) is 58.5 Å². The third-order valence-corrected chi connectivity index (χ3v) is 8.77. The molecule has 1 amide bonds. The van der Waals surface area contributed by atoms with Gasteiger partial charge in [0.15, 0.2) is 6.10 Å². The fourth-order valence-corrected chi connectivity index (χ4v) is 6.48. The summed E-state index contributed by atoms with van der Waals surface area (Å²) in [6.45, 7) is 5.65. The summed E-state index contributed by atoms with van der Waals surface area (Å²) in [5.41, 5.74) is 5.65. The lowest BCUT2D eigenvalue weighted by Gasteiger charge is -2.22. The zero-order chi connectivity index (χ0) is 29.1. The van der Waals surface area contributed by atoms with Gasteiger partial charge >= 0.3 is 11.9 Å². The van der Waals surface area contributed by atoms with Crippen molar-refractivity contribution in [3.05, 3.63) is 93.1 Å². The number of benzene rings is 2. The number of imidazole rings is 1. The van der Waals surface area contributed by atoms with Crippen LogP contribution in [0, 0.1) is 13.8 Å². The van der Waals surface area contributed by atoms with Crippen molar-refractivity contribution < 1.29 is 23.9 Å². The molecule has 0 fully saturated rings. The third-order valence-electron chi connectivity index (χ3n) is 7.60. The highest BCUT2D eigenvalue weighted by Gasteiger charge is 2.32. The van der Waals surface area contributed by atoms with Gasteiger partial charge in [-0.3, -0.25) is 4.79 Å². The average molecular weight is 572 g/mol. The number of anilines is 1. The fourth-order valence-electron chi connectivity index (χ4n) is 5.16. The van der Waals surface area contributed by atoms with Crippen molar-refractivity contribution in [2.24, 2.45) is 0 Å². The zero-order valence-corrected chi connectivity index (χ0v) is 24.4. The number of aromatic nitrogens is 2. The summed E-state index contributed by atoms with van der Waals surface area (Å²) in [4.78, 5) is 47.8. The smallest absolute Gasteiger partial charge is 0.341 e. The minimum atomic E-state index is -1.03. The number of carbonyl (C=O) groups is 3. The molecule has 0 saturated heterocycles. The van der Waals surface area contributed by atoms with Gasteiger partial charge in [-0.15, -0.1) is 11.3 Å². The number of amides is 1. The van der Waals surface area contributed by atoms with Crippen LogP contribution in [-0.4, -0.2) is 41.0 Å². The highest BCUT2D eigenvalue weighted by Crippen LogP contribution is 2.43. The number of methoxy groups -OCH3 is 1. The van der Waals surface area contributed by atoms with Crippen LogP contribution in [0.25, 0.3) is 11.4 Å². The van der Waals surface area contributed by atoms with Crippen molar-refractivity contribution >= 4 is 34.2 Å². The first-order valence-electron chi connectivity index (χ1n) is 13.7. The fraction of sp³-hybridized carbons (Fsp3) is 0.312. The summed E-state index contributed by atoms with van der Waals surface area (Å²) >= 11 is 1.40. The second kappa shape index (κ2) is 12.1. The number of fused-ring (bicyclic) bond motifs is 1. The molecule has 0 aliphatic heterocycles. The SMILES string of the molecule is CCC(OC(=O)c1ccc(-c2nc(C)c(C)[nH]2)cc1)C(=O)Nc1sc2c(c1C(=O)OC)CCC(c1ccccc1)C2. The molecule has 0 spiro atoms. The molecule has 4 aromatic rings. The van der Waals surface area contributed by atoms with Gasteiger partial charge in [-0.05, 0) is 68.7 Å². The van der Waals surface area contributed by atoms with Crippen LogP contribution in [0.3, 0.4) is 0 Å². The summed E-state index contributed by atoms with van der Waals surface area (Å²) < 4.78 is 10.7. The minimum absolute atomic E-state index is 0.273. The van der Waals surface area contributed by atoms with E-state index in [1.165, 1.54) is 24.0 Å². The van der Waals surface area contributed by atoms with Crippen LogP contribution in [0.15, 0.2) is 54.6 Å². The Morgan fingerprint density at radius 3 is 2.44 bits per heavy atom. The maximum absolute atomic E-state index is 13.3. The van der Waals surface area contributed by atoms with Gasteiger partial charge in [0, 0.05) is 16.1 Å². The van der Waals surface area contributed by atoms with Crippen molar-refractivity contribution in [3.63, 3.8) is 0 Å². The lowest BCUT2D eigenvalue weighted by atomic mass is 9.83. The number of H-pyrrole nitrogens is 1. The highest BCUT2D eigenvalue weighted by atomic mass is 32.1. The summed E-state index contributed by atoms with van der Waals surface area (Å²) in [6.07, 6.45) is 1.64. The lowest BCUT2D eigenvalue weighted by Crippen LogP contribution is -2.32. The molecule has 0 bridgehead atoms. The Labute approximate surface area is 243 Å². The molecule has 212 valence electrons. The monoisotopic (exact) mass is 571 g/mol. The van der Waals surface area contributed by atoms with Gasteiger partial charge in [0.25, 0.3) is 5.91 Å². The second-order valence-corrected chi connectivity index (χ2v) is 11.3. The molecule has 2 heterocycles. The Balaban J connectivity index is 1.30. The molecule has 5 rings (SSSR count). The Morgan fingerprint density at radius 2 is 1.80 bits per heavy atom. The van der Waals surface area contributed by atoms with Crippen molar-refractivity contribution in [1.82, 2.24) is 9.97 Å². The molecule has 2 unspecified atom stereocenters. The third kappa shape index (κ3) is 5.95. The van der Waals surface area contributed by atoms with Crippen LogP contribution in [0.1, 0.15) is 73.8 Å². The molecule has 2 N–H and O–H groups in total. The van der Waals surface area contributed by atoms with E-state index < -0.39 is 23.9 Å². The van der Waals surface area contributed by atoms with Crippen LogP contribution in [0.4, 0.5) is 5.00 Å². The van der Waals surface area contributed by atoms with Gasteiger partial charge in [0.1, 0.15) is 10.8 Å². The lowest BCUT2D eigenvalue weighted by molar-refractivity contribution is -0.124. The van der Waals surface area contributed by atoms with Gasteiger partial charge in [-0.25, -0.2) is 14.6 Å². The largest absolute Gasteiger partial charge is 0.465 e. The molecular weight excluding hydrogens is 538 g/mol. The molecule has 2 aromatic carbocycles. The van der Waals surface area contributed by atoms with E-state index in [9.17, 15) is 14.4 Å². The van der Waals surface area contributed by atoms with Crippen LogP contribution >= 0.6 is 11.3 Å². The van der Waals surface area contributed by atoms with E-state index in [0.29, 0.717) is 28.5 Å². The van der Waals surface area contributed by atoms with E-state index in [1.807, 2.05) is 32.0 Å². The molecule has 41 heavy (non-hydrogen) atoms. The predicted octanol–water partition coefficient (Wildman–Crippen LogP) is 6.39. The molecule has 2 atom stereocenters. The van der Waals surface area contributed by atoms with Gasteiger partial charge in [-0.1, -0.05) is 49.4 Å². The number of hydrogen-bond donors (Lipinski definition) is 2. The minimum Gasteiger partial charge on any atom is -0.465 e. The quantitative estimate of drug-likeness (QED) is 0.237. The van der Waals surface area contributed by atoms with Crippen LogP contribution in [0.2, 0.25) is 0 Å². The highest BCUT2D eigenvalue weighted by molar-refractivity contribution is 7.17. The summed E-state index contributed by atoms with van der Waals surface area (Å²) in [5, 5.41) is 3.31. The van der Waals surface area contributed by atoms with E-state index in [1.54, 1.807) is 31.2 Å². The first kappa shape index (κ1) is 28.3. The number of hydrogen-bond acceptors (Lipinski definition) is 7. The van der Waals surface area contributed by atoms with Gasteiger partial charge in [0.2, 0.25) is 0 Å². The number of nitrogens with one attached hydrogen (secondary N) is 2.